The fourth-order valence-electron chi connectivity index (χ4n) is 2.57. The third kappa shape index (κ3) is 4.11. The molecule has 0 aliphatic heterocycles. The highest BCUT2D eigenvalue weighted by atomic mass is 32.1. The molecule has 3 rings (SSSR count). The van der Waals surface area contributed by atoms with Gasteiger partial charge in [0.05, 0.1) is 12.8 Å². The summed E-state index contributed by atoms with van der Waals surface area (Å²) in [6, 6.07) is 25.8. The van der Waals surface area contributed by atoms with Gasteiger partial charge in [-0.15, -0.1) is 0 Å². The zero-order chi connectivity index (χ0) is 18.4. The van der Waals surface area contributed by atoms with E-state index in [2.05, 4.69) is 11.8 Å². The molecule has 0 radical (unpaired) electrons. The Hall–Kier alpha value is -3.09. The molecule has 0 amide bonds. The number of methoxy groups -OCH3 is 1. The van der Waals surface area contributed by atoms with Crippen molar-refractivity contribution in [2.24, 2.45) is 0 Å². The molecule has 0 aromatic heterocycles. The lowest BCUT2D eigenvalue weighted by Gasteiger charge is -2.22. The lowest BCUT2D eigenvalue weighted by molar-refractivity contribution is 0.415. The second-order valence-electron chi connectivity index (χ2n) is 5.73. The van der Waals surface area contributed by atoms with E-state index in [-0.39, 0.29) is 0 Å². The largest absolute Gasteiger partial charge is 0.497 e. The van der Waals surface area contributed by atoms with Gasteiger partial charge in [0.25, 0.3) is 0 Å². The Labute approximate surface area is 160 Å². The molecule has 128 valence electrons. The molecule has 0 atom stereocenters. The van der Waals surface area contributed by atoms with Gasteiger partial charge in [0.1, 0.15) is 10.7 Å². The Bertz CT molecular complexity index is 953. The standard InChI is InChI=1S/C23H19NOS/c1-24(23(26)20-14-16-21(25-2)17-15-20)22-11-7-6-10-19(22)13-12-18-8-4-3-5-9-18/h3-11,14-17H,1-2H3. The molecule has 0 saturated carbocycles. The van der Waals surface area contributed by atoms with Crippen LogP contribution in [0.2, 0.25) is 0 Å². The second-order valence-corrected chi connectivity index (χ2v) is 6.11. The van der Waals surface area contributed by atoms with Crippen molar-refractivity contribution < 1.29 is 4.74 Å². The molecule has 0 N–H and O–H groups in total. The van der Waals surface area contributed by atoms with E-state index < -0.39 is 0 Å². The molecule has 3 aromatic carbocycles. The minimum Gasteiger partial charge on any atom is -0.497 e. The van der Waals surface area contributed by atoms with Gasteiger partial charge in [-0.05, 0) is 48.5 Å². The number of hydrogen-bond donors (Lipinski definition) is 0. The van der Waals surface area contributed by atoms with Gasteiger partial charge in [0.2, 0.25) is 0 Å². The Morgan fingerprint density at radius 2 is 1.50 bits per heavy atom. The number of benzene rings is 3. The quantitative estimate of drug-likeness (QED) is 0.488. The van der Waals surface area contributed by atoms with E-state index in [4.69, 9.17) is 17.0 Å². The van der Waals surface area contributed by atoms with Crippen LogP contribution in [0.5, 0.6) is 5.75 Å². The van der Waals surface area contributed by atoms with E-state index in [1.165, 1.54) is 0 Å². The van der Waals surface area contributed by atoms with Crippen molar-refractivity contribution in [2.75, 3.05) is 19.1 Å². The second kappa shape index (κ2) is 8.33. The molecule has 3 aromatic rings. The van der Waals surface area contributed by atoms with Crippen LogP contribution >= 0.6 is 12.2 Å². The maximum absolute atomic E-state index is 5.68. The first-order valence-corrected chi connectivity index (χ1v) is 8.68. The lowest BCUT2D eigenvalue weighted by Crippen LogP contribution is -2.25. The molecule has 0 spiro atoms. The van der Waals surface area contributed by atoms with E-state index >= 15 is 0 Å². The van der Waals surface area contributed by atoms with Crippen molar-refractivity contribution >= 4 is 22.9 Å². The van der Waals surface area contributed by atoms with Gasteiger partial charge in [0.15, 0.2) is 0 Å². The van der Waals surface area contributed by atoms with Crippen molar-refractivity contribution in [3.05, 3.63) is 95.6 Å². The number of rotatable bonds is 3. The highest BCUT2D eigenvalue weighted by Gasteiger charge is 2.12. The summed E-state index contributed by atoms with van der Waals surface area (Å²) in [4.78, 5) is 2.73. The van der Waals surface area contributed by atoms with Crippen molar-refractivity contribution in [3.63, 3.8) is 0 Å². The summed E-state index contributed by atoms with van der Waals surface area (Å²) in [6.07, 6.45) is 0. The monoisotopic (exact) mass is 357 g/mol. The number of ether oxygens (including phenoxy) is 1. The van der Waals surface area contributed by atoms with Crippen LogP contribution < -0.4 is 9.64 Å². The summed E-state index contributed by atoms with van der Waals surface area (Å²) in [5.41, 5.74) is 3.88. The predicted molar refractivity (Wildman–Crippen MR) is 112 cm³/mol. The molecule has 0 heterocycles. The molecular formula is C23H19NOS. The van der Waals surface area contributed by atoms with Crippen molar-refractivity contribution in [2.45, 2.75) is 0 Å². The molecule has 0 aliphatic carbocycles. The van der Waals surface area contributed by atoms with Crippen molar-refractivity contribution in [3.8, 4) is 17.6 Å². The first-order chi connectivity index (χ1) is 12.7. The van der Waals surface area contributed by atoms with Crippen molar-refractivity contribution in [1.82, 2.24) is 0 Å². The molecule has 0 fully saturated rings. The SMILES string of the molecule is COc1ccc(C(=S)N(C)c2ccccc2C#Cc2ccccc2)cc1. The molecule has 2 nitrogen and oxygen atoms in total. The number of hydrogen-bond acceptors (Lipinski definition) is 2. The molecule has 0 unspecified atom stereocenters. The fraction of sp³-hybridized carbons (Fsp3) is 0.0870. The van der Waals surface area contributed by atoms with Crippen LogP contribution in [0.3, 0.4) is 0 Å². The maximum Gasteiger partial charge on any atom is 0.118 e. The molecular weight excluding hydrogens is 338 g/mol. The van der Waals surface area contributed by atoms with E-state index in [1.54, 1.807) is 7.11 Å². The summed E-state index contributed by atoms with van der Waals surface area (Å²) in [5, 5.41) is 0. The lowest BCUT2D eigenvalue weighted by atomic mass is 10.1. The highest BCUT2D eigenvalue weighted by molar-refractivity contribution is 7.81. The van der Waals surface area contributed by atoms with E-state index in [9.17, 15) is 0 Å². The van der Waals surface area contributed by atoms with Gasteiger partial charge in [0, 0.05) is 23.7 Å². The van der Waals surface area contributed by atoms with E-state index in [1.807, 2.05) is 90.8 Å². The van der Waals surface area contributed by atoms with Crippen LogP contribution in [0.4, 0.5) is 5.69 Å². The minimum atomic E-state index is 0.738. The first kappa shape index (κ1) is 17.7. The summed E-state index contributed by atoms with van der Waals surface area (Å²) in [5.74, 6) is 7.29. The third-order valence-corrected chi connectivity index (χ3v) is 4.53. The summed E-state index contributed by atoms with van der Waals surface area (Å²) >= 11 is 5.68. The Kier molecular flexibility index (Phi) is 5.68. The molecule has 0 saturated heterocycles. The molecule has 3 heteroatoms. The first-order valence-electron chi connectivity index (χ1n) is 8.27. The average molecular weight is 357 g/mol. The zero-order valence-corrected chi connectivity index (χ0v) is 15.6. The van der Waals surface area contributed by atoms with Crippen LogP contribution in [0.1, 0.15) is 16.7 Å². The van der Waals surface area contributed by atoms with Gasteiger partial charge >= 0.3 is 0 Å². The average Bonchev–Trinajstić information content (AvgIpc) is 2.72. The van der Waals surface area contributed by atoms with Crippen LogP contribution in [-0.2, 0) is 0 Å². The predicted octanol–water partition coefficient (Wildman–Crippen LogP) is 4.91. The molecule has 0 bridgehead atoms. The maximum atomic E-state index is 5.68. The highest BCUT2D eigenvalue weighted by Crippen LogP contribution is 2.22. The Morgan fingerprint density at radius 3 is 2.19 bits per heavy atom. The van der Waals surface area contributed by atoms with Crippen LogP contribution in [0.15, 0.2) is 78.9 Å². The van der Waals surface area contributed by atoms with Crippen LogP contribution in [-0.4, -0.2) is 19.1 Å². The van der Waals surface area contributed by atoms with Gasteiger partial charge < -0.3 is 9.64 Å². The third-order valence-electron chi connectivity index (χ3n) is 4.02. The summed E-state index contributed by atoms with van der Waals surface area (Å²) in [6.45, 7) is 0. The summed E-state index contributed by atoms with van der Waals surface area (Å²) < 4.78 is 5.21. The fourth-order valence-corrected chi connectivity index (χ4v) is 2.80. The minimum absolute atomic E-state index is 0.738. The van der Waals surface area contributed by atoms with E-state index in [0.717, 1.165) is 33.1 Å². The number of nitrogens with zero attached hydrogens (tertiary/aromatic N) is 1. The Balaban J connectivity index is 1.89. The van der Waals surface area contributed by atoms with Crippen LogP contribution in [0.25, 0.3) is 0 Å². The topological polar surface area (TPSA) is 12.5 Å². The van der Waals surface area contributed by atoms with Crippen molar-refractivity contribution in [1.29, 1.82) is 0 Å². The molecule has 26 heavy (non-hydrogen) atoms. The summed E-state index contributed by atoms with van der Waals surface area (Å²) in [7, 11) is 3.62. The van der Waals surface area contributed by atoms with E-state index in [0.29, 0.717) is 0 Å². The normalized spacial score (nSPS) is 9.77. The molecule has 0 aliphatic rings. The van der Waals surface area contributed by atoms with Crippen LogP contribution in [0, 0.1) is 11.8 Å². The van der Waals surface area contributed by atoms with Gasteiger partial charge in [-0.3, -0.25) is 0 Å². The Morgan fingerprint density at radius 1 is 0.846 bits per heavy atom. The number of thiocarbonyl (C=S) groups is 1. The van der Waals surface area contributed by atoms with Gasteiger partial charge in [-0.25, -0.2) is 0 Å². The smallest absolute Gasteiger partial charge is 0.118 e. The van der Waals surface area contributed by atoms with Gasteiger partial charge in [-0.2, -0.15) is 0 Å². The number of para-hydroxylation sites is 1. The zero-order valence-electron chi connectivity index (χ0n) is 14.8. The van der Waals surface area contributed by atoms with Gasteiger partial charge in [-0.1, -0.05) is 54.4 Å². The number of anilines is 1.